The maximum Gasteiger partial charge on any atom is 0.133 e. The second-order valence-corrected chi connectivity index (χ2v) is 3.35. The van der Waals surface area contributed by atoms with Crippen LogP contribution in [0.3, 0.4) is 0 Å². The molecule has 0 aliphatic carbocycles. The van der Waals surface area contributed by atoms with E-state index in [0.29, 0.717) is 5.69 Å². The van der Waals surface area contributed by atoms with Crippen molar-refractivity contribution in [2.45, 2.75) is 6.10 Å². The number of hydrogen-bond acceptors (Lipinski definition) is 5. The Morgan fingerprint density at radius 3 is 2.77 bits per heavy atom. The molecular formula is C8H7N3OS. The minimum absolute atomic E-state index is 0.548. The molecule has 0 saturated carbocycles. The summed E-state index contributed by atoms with van der Waals surface area (Å²) in [5.41, 5.74) is 2.22. The number of hydrogen-bond donors (Lipinski definition) is 1. The van der Waals surface area contributed by atoms with Crippen LogP contribution in [-0.4, -0.2) is 20.1 Å². The quantitative estimate of drug-likeness (QED) is 0.773. The van der Waals surface area contributed by atoms with Gasteiger partial charge in [0, 0.05) is 18.6 Å². The van der Waals surface area contributed by atoms with Crippen LogP contribution in [0, 0.1) is 0 Å². The Morgan fingerprint density at radius 1 is 1.23 bits per heavy atom. The lowest BCUT2D eigenvalue weighted by atomic mass is 10.2. The predicted molar refractivity (Wildman–Crippen MR) is 48.2 cm³/mol. The van der Waals surface area contributed by atoms with Gasteiger partial charge in [-0.2, -0.15) is 0 Å². The van der Waals surface area contributed by atoms with Crippen molar-refractivity contribution >= 4 is 11.3 Å². The molecule has 2 aromatic heterocycles. The van der Waals surface area contributed by atoms with E-state index in [1.807, 2.05) is 0 Å². The Balaban J connectivity index is 2.29. The van der Waals surface area contributed by atoms with Gasteiger partial charge in [0.15, 0.2) is 0 Å². The first-order valence-corrected chi connectivity index (χ1v) is 4.58. The Bertz CT molecular complexity index is 362. The van der Waals surface area contributed by atoms with Gasteiger partial charge < -0.3 is 5.11 Å². The number of aliphatic hydroxyl groups excluding tert-OH is 1. The smallest absolute Gasteiger partial charge is 0.133 e. The Hall–Kier alpha value is -1.33. The highest BCUT2D eigenvalue weighted by Gasteiger charge is 2.12. The van der Waals surface area contributed by atoms with Crippen molar-refractivity contribution in [1.29, 1.82) is 0 Å². The molecule has 0 saturated heterocycles. The number of aliphatic hydroxyl groups is 1. The van der Waals surface area contributed by atoms with Gasteiger partial charge >= 0.3 is 0 Å². The molecule has 4 nitrogen and oxygen atoms in total. The highest BCUT2D eigenvalue weighted by molar-refractivity contribution is 7.09. The van der Waals surface area contributed by atoms with Crippen molar-refractivity contribution in [3.8, 4) is 0 Å². The third kappa shape index (κ3) is 1.71. The van der Waals surface area contributed by atoms with Crippen LogP contribution >= 0.6 is 11.3 Å². The van der Waals surface area contributed by atoms with Crippen molar-refractivity contribution in [2.24, 2.45) is 0 Å². The van der Waals surface area contributed by atoms with Gasteiger partial charge in [-0.25, -0.2) is 0 Å². The minimum Gasteiger partial charge on any atom is -0.381 e. The van der Waals surface area contributed by atoms with Crippen LogP contribution in [0.2, 0.25) is 0 Å². The van der Waals surface area contributed by atoms with Crippen LogP contribution in [0.25, 0.3) is 0 Å². The van der Waals surface area contributed by atoms with Gasteiger partial charge in [0.2, 0.25) is 0 Å². The Kier molecular flexibility index (Phi) is 2.29. The average molecular weight is 193 g/mol. The molecule has 66 valence electrons. The fourth-order valence-corrected chi connectivity index (χ4v) is 1.57. The van der Waals surface area contributed by atoms with Gasteiger partial charge in [0.1, 0.15) is 6.10 Å². The highest BCUT2D eigenvalue weighted by Crippen LogP contribution is 2.21. The van der Waals surface area contributed by atoms with Crippen LogP contribution in [-0.2, 0) is 0 Å². The van der Waals surface area contributed by atoms with Crippen LogP contribution in [0.1, 0.15) is 16.7 Å². The molecule has 0 amide bonds. The molecule has 0 spiro atoms. The SMILES string of the molecule is OC(c1cnccn1)c1cncs1. The van der Waals surface area contributed by atoms with Crippen molar-refractivity contribution in [3.05, 3.63) is 40.9 Å². The first-order valence-electron chi connectivity index (χ1n) is 3.70. The van der Waals surface area contributed by atoms with Gasteiger partial charge in [-0.05, 0) is 0 Å². The molecule has 13 heavy (non-hydrogen) atoms. The van der Waals surface area contributed by atoms with Crippen LogP contribution < -0.4 is 0 Å². The summed E-state index contributed by atoms with van der Waals surface area (Å²) >= 11 is 1.40. The zero-order chi connectivity index (χ0) is 9.10. The van der Waals surface area contributed by atoms with E-state index in [4.69, 9.17) is 0 Å². The Labute approximate surface area is 78.9 Å². The summed E-state index contributed by atoms with van der Waals surface area (Å²) in [5.74, 6) is 0. The summed E-state index contributed by atoms with van der Waals surface area (Å²) in [5, 5.41) is 9.75. The lowest BCUT2D eigenvalue weighted by Crippen LogP contribution is -2.00. The molecule has 2 heterocycles. The predicted octanol–water partition coefficient (Wildman–Crippen LogP) is 1.01. The third-order valence-corrected chi connectivity index (χ3v) is 2.41. The molecule has 0 aromatic carbocycles. The molecule has 0 fully saturated rings. The summed E-state index contributed by atoms with van der Waals surface area (Å²) in [6, 6.07) is 0. The normalized spacial score (nSPS) is 12.7. The maximum absolute atomic E-state index is 9.75. The topological polar surface area (TPSA) is 58.9 Å². The fraction of sp³-hybridized carbons (Fsp3) is 0.125. The second kappa shape index (κ2) is 3.59. The summed E-state index contributed by atoms with van der Waals surface area (Å²) in [4.78, 5) is 12.5. The average Bonchev–Trinajstić information content (AvgIpc) is 2.71. The minimum atomic E-state index is -0.707. The zero-order valence-corrected chi connectivity index (χ0v) is 7.48. The molecule has 0 aliphatic rings. The van der Waals surface area contributed by atoms with Gasteiger partial charge in [-0.3, -0.25) is 15.0 Å². The largest absolute Gasteiger partial charge is 0.381 e. The summed E-state index contributed by atoms with van der Waals surface area (Å²) in [6.45, 7) is 0. The molecule has 2 rings (SSSR count). The molecule has 5 heteroatoms. The fourth-order valence-electron chi connectivity index (χ4n) is 0.958. The van der Waals surface area contributed by atoms with E-state index in [0.717, 1.165) is 4.88 Å². The van der Waals surface area contributed by atoms with E-state index in [9.17, 15) is 5.11 Å². The number of rotatable bonds is 2. The van der Waals surface area contributed by atoms with Gasteiger partial charge in [0.05, 0.1) is 22.3 Å². The maximum atomic E-state index is 9.75. The van der Waals surface area contributed by atoms with E-state index in [1.165, 1.54) is 11.3 Å². The first-order chi connectivity index (χ1) is 6.38. The van der Waals surface area contributed by atoms with E-state index in [1.54, 1.807) is 30.3 Å². The molecule has 1 N–H and O–H groups in total. The van der Waals surface area contributed by atoms with E-state index in [-0.39, 0.29) is 0 Å². The second-order valence-electron chi connectivity index (χ2n) is 2.44. The van der Waals surface area contributed by atoms with E-state index in [2.05, 4.69) is 15.0 Å². The highest BCUT2D eigenvalue weighted by atomic mass is 32.1. The standard InChI is InChI=1S/C8H7N3OS/c12-8(7-4-10-5-13-7)6-3-9-1-2-11-6/h1-5,8,12H. The van der Waals surface area contributed by atoms with Crippen molar-refractivity contribution < 1.29 is 5.11 Å². The molecular weight excluding hydrogens is 186 g/mol. The summed E-state index contributed by atoms with van der Waals surface area (Å²) in [7, 11) is 0. The summed E-state index contributed by atoms with van der Waals surface area (Å²) < 4.78 is 0. The van der Waals surface area contributed by atoms with Crippen LogP contribution in [0.5, 0.6) is 0 Å². The molecule has 2 aromatic rings. The van der Waals surface area contributed by atoms with E-state index >= 15 is 0 Å². The monoisotopic (exact) mass is 193 g/mol. The molecule has 1 atom stereocenters. The van der Waals surface area contributed by atoms with Gasteiger partial charge in [0.25, 0.3) is 0 Å². The third-order valence-electron chi connectivity index (χ3n) is 1.58. The van der Waals surface area contributed by atoms with Crippen molar-refractivity contribution in [1.82, 2.24) is 15.0 Å². The molecule has 1 unspecified atom stereocenters. The van der Waals surface area contributed by atoms with Crippen molar-refractivity contribution in [2.75, 3.05) is 0 Å². The molecule has 0 bridgehead atoms. The van der Waals surface area contributed by atoms with Gasteiger partial charge in [-0.15, -0.1) is 11.3 Å². The van der Waals surface area contributed by atoms with E-state index < -0.39 is 6.10 Å². The van der Waals surface area contributed by atoms with Gasteiger partial charge in [-0.1, -0.05) is 0 Å². The first kappa shape index (κ1) is 8.28. The lowest BCUT2D eigenvalue weighted by Gasteiger charge is -2.04. The lowest BCUT2D eigenvalue weighted by molar-refractivity contribution is 0.218. The number of aromatic nitrogens is 3. The number of thiazole rings is 1. The Morgan fingerprint density at radius 2 is 2.15 bits per heavy atom. The molecule has 0 radical (unpaired) electrons. The summed E-state index contributed by atoms with van der Waals surface area (Å²) in [6.07, 6.45) is 5.60. The number of nitrogens with zero attached hydrogens (tertiary/aromatic N) is 3. The molecule has 0 aliphatic heterocycles. The van der Waals surface area contributed by atoms with Crippen LogP contribution in [0.4, 0.5) is 0 Å². The zero-order valence-electron chi connectivity index (χ0n) is 6.66. The van der Waals surface area contributed by atoms with Crippen LogP contribution in [0.15, 0.2) is 30.3 Å². The van der Waals surface area contributed by atoms with Crippen molar-refractivity contribution in [3.63, 3.8) is 0 Å².